The summed E-state index contributed by atoms with van der Waals surface area (Å²) in [5, 5.41) is 25.4. The second-order valence-corrected chi connectivity index (χ2v) is 8.29. The maximum atomic E-state index is 12.6. The van der Waals surface area contributed by atoms with E-state index >= 15 is 0 Å². The minimum absolute atomic E-state index is 0.302. The van der Waals surface area contributed by atoms with E-state index in [9.17, 15) is 24.6 Å². The average molecular weight is 490 g/mol. The number of aromatic hydroxyl groups is 1. The number of aryl methyl sites for hydroxylation is 2. The molecular weight excluding hydrogens is 469 g/mol. The first-order valence-corrected chi connectivity index (χ1v) is 10.6. The van der Waals surface area contributed by atoms with Gasteiger partial charge in [-0.2, -0.15) is 0 Å². The molecule has 0 aliphatic carbocycles. The number of hydrogen-bond donors (Lipinski definition) is 4. The lowest BCUT2D eigenvalue weighted by molar-refractivity contribution is -0.137. The largest absolute Gasteiger partial charge is 0.505 e. The molecule has 0 radical (unpaired) electrons. The highest BCUT2D eigenvalue weighted by atomic mass is 35.5. The zero-order chi connectivity index (χ0) is 24.3. The molecule has 1 unspecified atom stereocenters. The summed E-state index contributed by atoms with van der Waals surface area (Å²) in [7, 11) is 1.48. The van der Waals surface area contributed by atoms with Gasteiger partial charge < -0.3 is 25.4 Å². The second kappa shape index (κ2) is 9.97. The summed E-state index contributed by atoms with van der Waals surface area (Å²) in [6, 6.07) is 10.1. The number of nitrogens with one attached hydrogen (secondary N) is 2. The Morgan fingerprint density at radius 1 is 1.15 bits per heavy atom. The molecule has 3 aromatic rings. The van der Waals surface area contributed by atoms with Crippen molar-refractivity contribution >= 4 is 40.9 Å². The van der Waals surface area contributed by atoms with Gasteiger partial charge in [0, 0.05) is 34.4 Å². The lowest BCUT2D eigenvalue weighted by atomic mass is 9.98. The fourth-order valence-electron chi connectivity index (χ4n) is 3.37. The number of carbonyl (C=O) groups is 2. The lowest BCUT2D eigenvalue weighted by Gasteiger charge is -2.19. The Morgan fingerprint density at radius 3 is 2.58 bits per heavy atom. The van der Waals surface area contributed by atoms with Crippen molar-refractivity contribution in [3.63, 3.8) is 0 Å². The number of anilines is 1. The standard InChI is InChI=1S/C23H21Cl2N3O5/c1-12-11-28(2)22(32)20(21(12)31)27-23(33)26-18(10-19(29)30)14-5-3-4-13(8-14)16-9-15(24)6-7-17(16)25/h3-9,11,18,31H,10H2,1-2H3,(H,29,30)(H2,26,27,33). The van der Waals surface area contributed by atoms with Crippen molar-refractivity contribution in [3.05, 3.63) is 80.2 Å². The van der Waals surface area contributed by atoms with Crippen LogP contribution in [0.3, 0.4) is 0 Å². The summed E-state index contributed by atoms with van der Waals surface area (Å²) >= 11 is 12.4. The number of carboxylic acid groups (broad SMARTS) is 1. The molecule has 0 saturated heterocycles. The molecule has 10 heteroatoms. The topological polar surface area (TPSA) is 121 Å². The van der Waals surface area contributed by atoms with Gasteiger partial charge in [0.1, 0.15) is 5.75 Å². The van der Waals surface area contributed by atoms with Crippen LogP contribution in [0.2, 0.25) is 10.0 Å². The maximum Gasteiger partial charge on any atom is 0.319 e. The third-order valence-electron chi connectivity index (χ3n) is 4.98. The molecule has 4 N–H and O–H groups in total. The van der Waals surface area contributed by atoms with Crippen LogP contribution in [0.1, 0.15) is 23.6 Å². The number of carboxylic acids is 1. The van der Waals surface area contributed by atoms with Gasteiger partial charge in [0.15, 0.2) is 5.69 Å². The SMILES string of the molecule is Cc1cn(C)c(=O)c(NC(=O)NC(CC(=O)O)c2cccc(-c3cc(Cl)ccc3Cl)c2)c1O. The minimum Gasteiger partial charge on any atom is -0.505 e. The Hall–Kier alpha value is -3.49. The highest BCUT2D eigenvalue weighted by Gasteiger charge is 2.21. The first-order chi connectivity index (χ1) is 15.6. The van der Waals surface area contributed by atoms with Gasteiger partial charge in [-0.3, -0.25) is 9.59 Å². The summed E-state index contributed by atoms with van der Waals surface area (Å²) in [5.41, 5.74) is 1.31. The third kappa shape index (κ3) is 5.66. The Labute approximate surface area is 199 Å². The van der Waals surface area contributed by atoms with Crippen LogP contribution in [-0.2, 0) is 11.8 Å². The number of urea groups is 1. The van der Waals surface area contributed by atoms with E-state index in [-0.39, 0.29) is 11.4 Å². The van der Waals surface area contributed by atoms with Crippen molar-refractivity contribution in [1.29, 1.82) is 0 Å². The van der Waals surface area contributed by atoms with Gasteiger partial charge in [-0.15, -0.1) is 0 Å². The number of nitrogens with zero attached hydrogens (tertiary/aromatic N) is 1. The number of rotatable bonds is 6. The molecule has 1 aromatic heterocycles. The van der Waals surface area contributed by atoms with E-state index in [1.807, 2.05) is 0 Å². The van der Waals surface area contributed by atoms with Gasteiger partial charge in [-0.05, 0) is 42.3 Å². The van der Waals surface area contributed by atoms with Crippen LogP contribution in [0, 0.1) is 6.92 Å². The second-order valence-electron chi connectivity index (χ2n) is 7.45. The van der Waals surface area contributed by atoms with E-state index in [0.717, 1.165) is 0 Å². The van der Waals surface area contributed by atoms with Gasteiger partial charge >= 0.3 is 12.0 Å². The molecule has 3 rings (SSSR count). The van der Waals surface area contributed by atoms with Crippen LogP contribution < -0.4 is 16.2 Å². The minimum atomic E-state index is -1.14. The fourth-order valence-corrected chi connectivity index (χ4v) is 3.77. The highest BCUT2D eigenvalue weighted by molar-refractivity contribution is 6.35. The summed E-state index contributed by atoms with van der Waals surface area (Å²) in [6.07, 6.45) is 1.01. The molecule has 33 heavy (non-hydrogen) atoms. The lowest BCUT2D eigenvalue weighted by Crippen LogP contribution is -2.36. The summed E-state index contributed by atoms with van der Waals surface area (Å²) < 4.78 is 1.22. The highest BCUT2D eigenvalue weighted by Crippen LogP contribution is 2.32. The summed E-state index contributed by atoms with van der Waals surface area (Å²) in [4.78, 5) is 36.4. The number of pyridine rings is 1. The van der Waals surface area contributed by atoms with Crippen molar-refractivity contribution in [2.45, 2.75) is 19.4 Å². The summed E-state index contributed by atoms with van der Waals surface area (Å²) in [5.74, 6) is -1.50. The molecule has 172 valence electrons. The Balaban J connectivity index is 1.91. The Kier molecular flexibility index (Phi) is 7.30. The maximum absolute atomic E-state index is 12.6. The predicted molar refractivity (Wildman–Crippen MR) is 127 cm³/mol. The first kappa shape index (κ1) is 24.2. The Bertz CT molecular complexity index is 1290. The number of carbonyl (C=O) groups excluding carboxylic acids is 1. The van der Waals surface area contributed by atoms with Gasteiger partial charge in [0.2, 0.25) is 0 Å². The summed E-state index contributed by atoms with van der Waals surface area (Å²) in [6.45, 7) is 1.58. The van der Waals surface area contributed by atoms with Gasteiger partial charge in [-0.1, -0.05) is 41.4 Å². The van der Waals surface area contributed by atoms with E-state index in [4.69, 9.17) is 23.2 Å². The monoisotopic (exact) mass is 489 g/mol. The van der Waals surface area contributed by atoms with Crippen LogP contribution in [0.4, 0.5) is 10.5 Å². The Morgan fingerprint density at radius 2 is 1.88 bits per heavy atom. The van der Waals surface area contributed by atoms with E-state index in [1.165, 1.54) is 17.8 Å². The molecule has 0 spiro atoms. The molecule has 8 nitrogen and oxygen atoms in total. The number of benzene rings is 2. The van der Waals surface area contributed by atoms with E-state index in [0.29, 0.717) is 32.3 Å². The third-order valence-corrected chi connectivity index (χ3v) is 5.55. The van der Waals surface area contributed by atoms with E-state index in [1.54, 1.807) is 49.4 Å². The molecule has 0 aliphatic rings. The molecule has 0 saturated carbocycles. The quantitative estimate of drug-likeness (QED) is 0.399. The van der Waals surface area contributed by atoms with E-state index in [2.05, 4.69) is 10.6 Å². The zero-order valence-electron chi connectivity index (χ0n) is 17.7. The zero-order valence-corrected chi connectivity index (χ0v) is 19.2. The normalized spacial score (nSPS) is 11.6. The first-order valence-electron chi connectivity index (χ1n) is 9.80. The van der Waals surface area contributed by atoms with Crippen LogP contribution in [0.15, 0.2) is 53.5 Å². The van der Waals surface area contributed by atoms with Crippen molar-refractivity contribution < 1.29 is 19.8 Å². The van der Waals surface area contributed by atoms with Crippen molar-refractivity contribution in [1.82, 2.24) is 9.88 Å². The molecule has 1 heterocycles. The van der Waals surface area contributed by atoms with Crippen molar-refractivity contribution in [2.75, 3.05) is 5.32 Å². The molecule has 2 amide bonds. The van der Waals surface area contributed by atoms with Crippen molar-refractivity contribution in [2.24, 2.45) is 7.05 Å². The number of halogens is 2. The van der Waals surface area contributed by atoms with Crippen LogP contribution in [0.5, 0.6) is 5.75 Å². The van der Waals surface area contributed by atoms with Gasteiger partial charge in [0.05, 0.1) is 12.5 Å². The van der Waals surface area contributed by atoms with Crippen LogP contribution in [-0.4, -0.2) is 26.8 Å². The van der Waals surface area contributed by atoms with Gasteiger partial charge in [0.25, 0.3) is 5.56 Å². The number of aromatic nitrogens is 1. The number of amides is 2. The molecule has 0 fully saturated rings. The van der Waals surface area contributed by atoms with Crippen molar-refractivity contribution in [3.8, 4) is 16.9 Å². The fraction of sp³-hybridized carbons (Fsp3) is 0.174. The number of hydrogen-bond acceptors (Lipinski definition) is 4. The molecular formula is C23H21Cl2N3O5. The van der Waals surface area contributed by atoms with Gasteiger partial charge in [-0.25, -0.2) is 4.79 Å². The molecule has 0 bridgehead atoms. The average Bonchev–Trinajstić information content (AvgIpc) is 2.76. The predicted octanol–water partition coefficient (Wildman–Crippen LogP) is 4.71. The molecule has 1 atom stereocenters. The molecule has 0 aliphatic heterocycles. The van der Waals surface area contributed by atoms with Crippen LogP contribution >= 0.6 is 23.2 Å². The smallest absolute Gasteiger partial charge is 0.319 e. The molecule has 2 aromatic carbocycles. The van der Waals surface area contributed by atoms with E-state index < -0.39 is 30.0 Å². The van der Waals surface area contributed by atoms with Crippen LogP contribution in [0.25, 0.3) is 11.1 Å². The number of aliphatic carboxylic acids is 1.